The molecule has 1 aromatic rings. The minimum Gasteiger partial charge on any atom is -0.484 e. The molecule has 0 unspecified atom stereocenters. The van der Waals surface area contributed by atoms with Crippen molar-refractivity contribution in [1.29, 1.82) is 0 Å². The third-order valence-corrected chi connectivity index (χ3v) is 4.28. The Labute approximate surface area is 148 Å². The fraction of sp³-hybridized carbons (Fsp3) is 0.500. The Morgan fingerprint density at radius 2 is 2.12 bits per heavy atom. The first-order chi connectivity index (χ1) is 11.5. The summed E-state index contributed by atoms with van der Waals surface area (Å²) < 4.78 is 45.1. The molecule has 1 N–H and O–H groups in total. The maximum atomic E-state index is 13.3. The predicted octanol–water partition coefficient (Wildman–Crippen LogP) is 3.52. The smallest absolute Gasteiger partial charge is 0.438 e. The van der Waals surface area contributed by atoms with Crippen LogP contribution in [0.25, 0.3) is 0 Å². The van der Waals surface area contributed by atoms with Crippen molar-refractivity contribution in [2.24, 2.45) is 11.0 Å². The highest BCUT2D eigenvalue weighted by Gasteiger charge is 2.63. The monoisotopic (exact) mass is 378 g/mol. The molecule has 0 saturated heterocycles. The second-order valence-corrected chi connectivity index (χ2v) is 6.55. The van der Waals surface area contributed by atoms with Crippen LogP contribution in [0.5, 0.6) is 5.75 Å². The van der Waals surface area contributed by atoms with Gasteiger partial charge in [0, 0.05) is 17.2 Å². The van der Waals surface area contributed by atoms with Crippen LogP contribution in [-0.2, 0) is 4.79 Å². The Balaban J connectivity index is 2.18. The average Bonchev–Trinajstić information content (AvgIpc) is 2.87. The number of rotatable bonds is 4. The number of amides is 1. The van der Waals surface area contributed by atoms with Crippen LogP contribution in [0.15, 0.2) is 23.3 Å². The lowest BCUT2D eigenvalue weighted by Crippen LogP contribution is -2.57. The van der Waals surface area contributed by atoms with Crippen molar-refractivity contribution in [3.8, 4) is 5.75 Å². The molecule has 9 heteroatoms. The van der Waals surface area contributed by atoms with E-state index in [0.717, 1.165) is 0 Å². The first-order valence-corrected chi connectivity index (χ1v) is 7.92. The molecule has 2 rings (SSSR count). The van der Waals surface area contributed by atoms with Crippen molar-refractivity contribution in [3.63, 3.8) is 0 Å². The minimum absolute atomic E-state index is 0.0745. The van der Waals surface area contributed by atoms with E-state index in [2.05, 4.69) is 5.10 Å². The molecule has 1 amide bonds. The number of aliphatic hydroxyl groups is 1. The lowest BCUT2D eigenvalue weighted by atomic mass is 9.99. The fourth-order valence-electron chi connectivity index (χ4n) is 2.29. The molecule has 0 aliphatic carbocycles. The normalized spacial score (nSPS) is 20.8. The topological polar surface area (TPSA) is 62.1 Å². The molecule has 1 aliphatic rings. The zero-order chi connectivity index (χ0) is 19.0. The first kappa shape index (κ1) is 19.5. The highest BCUT2D eigenvalue weighted by Crippen LogP contribution is 2.41. The zero-order valence-electron chi connectivity index (χ0n) is 13.9. The van der Waals surface area contributed by atoms with Gasteiger partial charge in [0.25, 0.3) is 11.6 Å². The van der Waals surface area contributed by atoms with Gasteiger partial charge < -0.3 is 9.84 Å². The van der Waals surface area contributed by atoms with Crippen molar-refractivity contribution in [1.82, 2.24) is 5.01 Å². The molecule has 0 radical (unpaired) electrons. The molecular formula is C16H18ClF3N2O3. The molecule has 5 nitrogen and oxygen atoms in total. The average molecular weight is 379 g/mol. The second kappa shape index (κ2) is 6.84. The van der Waals surface area contributed by atoms with E-state index >= 15 is 0 Å². The Bertz CT molecular complexity index is 706. The van der Waals surface area contributed by atoms with Gasteiger partial charge >= 0.3 is 6.18 Å². The molecule has 0 fully saturated rings. The summed E-state index contributed by atoms with van der Waals surface area (Å²) in [5, 5.41) is 14.3. The number of carbonyl (C=O) groups is 1. The number of halogens is 4. The third kappa shape index (κ3) is 3.90. The summed E-state index contributed by atoms with van der Waals surface area (Å²) in [6.45, 7) is 4.29. The highest BCUT2D eigenvalue weighted by atomic mass is 35.5. The predicted molar refractivity (Wildman–Crippen MR) is 86.4 cm³/mol. The van der Waals surface area contributed by atoms with E-state index in [4.69, 9.17) is 16.3 Å². The first-order valence-electron chi connectivity index (χ1n) is 7.54. The summed E-state index contributed by atoms with van der Waals surface area (Å²) in [6.07, 6.45) is -5.82. The van der Waals surface area contributed by atoms with Gasteiger partial charge in [0.1, 0.15) is 5.75 Å². The standard InChI is InChI=1S/C16H18ClF3N2O3/c1-9(2)13-7-15(24,16(18,19)20)22(21-13)14(23)8-25-11-4-5-12(17)10(3)6-11/h4-6,9,24H,7-8H2,1-3H3/t15-/m0/s1. The van der Waals surface area contributed by atoms with Crippen LogP contribution >= 0.6 is 11.6 Å². The summed E-state index contributed by atoms with van der Waals surface area (Å²) in [7, 11) is 0. The third-order valence-electron chi connectivity index (χ3n) is 3.85. The van der Waals surface area contributed by atoms with Gasteiger partial charge in [0.05, 0.1) is 0 Å². The second-order valence-electron chi connectivity index (χ2n) is 6.14. The Kier molecular flexibility index (Phi) is 5.34. The molecule has 0 spiro atoms. The van der Waals surface area contributed by atoms with E-state index in [9.17, 15) is 23.1 Å². The van der Waals surface area contributed by atoms with Gasteiger partial charge in [-0.2, -0.15) is 23.3 Å². The highest BCUT2D eigenvalue weighted by molar-refractivity contribution is 6.31. The van der Waals surface area contributed by atoms with Crippen LogP contribution in [-0.4, -0.2) is 40.2 Å². The lowest BCUT2D eigenvalue weighted by Gasteiger charge is -2.32. The van der Waals surface area contributed by atoms with E-state index in [1.165, 1.54) is 6.07 Å². The van der Waals surface area contributed by atoms with Gasteiger partial charge in [-0.15, -0.1) is 0 Å². The van der Waals surface area contributed by atoms with Gasteiger partial charge in [-0.05, 0) is 36.6 Å². The summed E-state index contributed by atoms with van der Waals surface area (Å²) in [5.41, 5.74) is -2.57. The molecule has 138 valence electrons. The Morgan fingerprint density at radius 3 is 2.64 bits per heavy atom. The van der Waals surface area contributed by atoms with E-state index in [1.54, 1.807) is 32.9 Å². The SMILES string of the molecule is Cc1cc(OCC(=O)N2N=C(C(C)C)C[C@]2(O)C(F)(F)F)ccc1Cl. The Hall–Kier alpha value is -1.80. The maximum Gasteiger partial charge on any atom is 0.438 e. The van der Waals surface area contributed by atoms with E-state index in [1.807, 2.05) is 0 Å². The number of benzene rings is 1. The van der Waals surface area contributed by atoms with Crippen LogP contribution < -0.4 is 4.74 Å². The number of aryl methyl sites for hydroxylation is 1. The quantitative estimate of drug-likeness (QED) is 0.872. The maximum absolute atomic E-state index is 13.3. The number of hydrogen-bond donors (Lipinski definition) is 1. The molecular weight excluding hydrogens is 361 g/mol. The number of nitrogens with zero attached hydrogens (tertiary/aromatic N) is 2. The molecule has 0 aromatic heterocycles. The van der Waals surface area contributed by atoms with Gasteiger partial charge in [0.2, 0.25) is 0 Å². The number of hydrogen-bond acceptors (Lipinski definition) is 4. The largest absolute Gasteiger partial charge is 0.484 e. The van der Waals surface area contributed by atoms with Crippen LogP contribution in [0, 0.1) is 12.8 Å². The summed E-state index contributed by atoms with van der Waals surface area (Å²) >= 11 is 5.87. The van der Waals surface area contributed by atoms with Gasteiger partial charge in [-0.25, -0.2) is 0 Å². The van der Waals surface area contributed by atoms with Gasteiger partial charge in [0.15, 0.2) is 6.61 Å². The molecule has 1 aliphatic heterocycles. The fourth-order valence-corrected chi connectivity index (χ4v) is 2.41. The van der Waals surface area contributed by atoms with Gasteiger partial charge in [-0.1, -0.05) is 25.4 Å². The van der Waals surface area contributed by atoms with Crippen molar-refractivity contribution in [3.05, 3.63) is 28.8 Å². The molecule has 1 atom stereocenters. The lowest BCUT2D eigenvalue weighted by molar-refractivity contribution is -0.302. The van der Waals surface area contributed by atoms with E-state index in [-0.39, 0.29) is 22.4 Å². The van der Waals surface area contributed by atoms with Gasteiger partial charge in [-0.3, -0.25) is 4.79 Å². The molecule has 25 heavy (non-hydrogen) atoms. The van der Waals surface area contributed by atoms with Crippen LogP contribution in [0.4, 0.5) is 13.2 Å². The molecule has 0 saturated carbocycles. The summed E-state index contributed by atoms with van der Waals surface area (Å²) in [5.74, 6) is -1.16. The summed E-state index contributed by atoms with van der Waals surface area (Å²) in [4.78, 5) is 12.2. The molecule has 1 aromatic carbocycles. The van der Waals surface area contributed by atoms with Crippen molar-refractivity contribution in [2.45, 2.75) is 39.1 Å². The van der Waals surface area contributed by atoms with Crippen molar-refractivity contribution < 1.29 is 27.8 Å². The van der Waals surface area contributed by atoms with Crippen molar-refractivity contribution >= 4 is 23.2 Å². The van der Waals surface area contributed by atoms with Crippen molar-refractivity contribution in [2.75, 3.05) is 6.61 Å². The van der Waals surface area contributed by atoms with Crippen LogP contribution in [0.1, 0.15) is 25.8 Å². The number of hydrazone groups is 1. The molecule has 0 bridgehead atoms. The number of ether oxygens (including phenoxy) is 1. The van der Waals surface area contributed by atoms with Crippen LogP contribution in [0.2, 0.25) is 5.02 Å². The van der Waals surface area contributed by atoms with Crippen LogP contribution in [0.3, 0.4) is 0 Å². The Morgan fingerprint density at radius 1 is 1.48 bits per heavy atom. The zero-order valence-corrected chi connectivity index (χ0v) is 14.6. The van der Waals surface area contributed by atoms with E-state index in [0.29, 0.717) is 10.6 Å². The number of alkyl halides is 3. The van der Waals surface area contributed by atoms with E-state index < -0.39 is 30.8 Å². The minimum atomic E-state index is -5.04. The summed E-state index contributed by atoms with van der Waals surface area (Å²) in [6, 6.07) is 4.59. The molecule has 1 heterocycles. The number of carbonyl (C=O) groups excluding carboxylic acids is 1.